The van der Waals surface area contributed by atoms with E-state index in [0.717, 1.165) is 170 Å². The van der Waals surface area contributed by atoms with Crippen molar-refractivity contribution in [3.8, 4) is 57.2 Å². The van der Waals surface area contributed by atoms with Crippen molar-refractivity contribution in [2.45, 2.75) is 0 Å². The molecule has 15 aromatic carbocycles. The molecule has 24 rings (SSSR count). The normalized spacial score (nSPS) is 12.3. The van der Waals surface area contributed by atoms with Crippen molar-refractivity contribution in [3.63, 3.8) is 0 Å². The summed E-state index contributed by atoms with van der Waals surface area (Å²) in [4.78, 5) is 30.4. The quantitative estimate of drug-likeness (QED) is 0.150. The third kappa shape index (κ3) is 8.22. The van der Waals surface area contributed by atoms with Crippen LogP contribution in [-0.4, -0.2) is 57.3 Å². The summed E-state index contributed by atoms with van der Waals surface area (Å²) < 4.78 is 14.1. The van der Waals surface area contributed by atoms with Crippen LogP contribution >= 0.6 is 0 Å². The molecule has 0 spiro atoms. The second-order valence-corrected chi connectivity index (χ2v) is 28.2. The molecular formula is C96H56N12. The highest BCUT2D eigenvalue weighted by Gasteiger charge is 2.28. The minimum absolute atomic E-state index is 0.588. The molecule has 108 heavy (non-hydrogen) atoms. The fraction of sp³-hybridized carbons (Fsp3) is 0. The maximum absolute atomic E-state index is 5.31. The molecule has 0 amide bonds. The number of hydrogen-bond donors (Lipinski definition) is 0. The van der Waals surface area contributed by atoms with E-state index in [1.54, 1.807) is 0 Å². The molecule has 12 heteroatoms. The Morgan fingerprint density at radius 1 is 0.176 bits per heavy atom. The van der Waals surface area contributed by atoms with E-state index in [2.05, 4.69) is 319 Å². The van der Waals surface area contributed by atoms with Gasteiger partial charge >= 0.3 is 0 Å². The minimum atomic E-state index is 0.588. The van der Waals surface area contributed by atoms with Crippen LogP contribution in [0.15, 0.2) is 340 Å². The number of fused-ring (bicyclic) bond motifs is 26. The first kappa shape index (κ1) is 58.6. The molecule has 9 heterocycles. The molecule has 0 aliphatic rings. The van der Waals surface area contributed by atoms with Gasteiger partial charge in [-0.3, -0.25) is 13.7 Å². The summed E-state index contributed by atoms with van der Waals surface area (Å²) in [6.45, 7) is 0. The van der Waals surface area contributed by atoms with E-state index in [-0.39, 0.29) is 0 Å². The van der Waals surface area contributed by atoms with E-state index < -0.39 is 0 Å². The smallest absolute Gasteiger partial charge is 0.234 e. The number of nitrogens with zero attached hydrogens (tertiary/aromatic N) is 12. The molecule has 0 radical (unpaired) electrons. The lowest BCUT2D eigenvalue weighted by molar-refractivity contribution is 0.988. The molecule has 0 unspecified atom stereocenters. The first-order valence-electron chi connectivity index (χ1n) is 36.5. The van der Waals surface area contributed by atoms with Crippen LogP contribution in [0.4, 0.5) is 0 Å². The third-order valence-electron chi connectivity index (χ3n) is 22.7. The van der Waals surface area contributed by atoms with E-state index in [1.165, 1.54) is 32.3 Å². The summed E-state index contributed by atoms with van der Waals surface area (Å²) in [5.41, 5.74) is 20.3. The molecule has 500 valence electrons. The van der Waals surface area contributed by atoms with Crippen molar-refractivity contribution in [1.82, 2.24) is 57.3 Å². The van der Waals surface area contributed by atoms with E-state index in [1.807, 2.05) is 49.3 Å². The van der Waals surface area contributed by atoms with Gasteiger partial charge in [-0.25, -0.2) is 29.9 Å². The van der Waals surface area contributed by atoms with Crippen LogP contribution in [0.2, 0.25) is 0 Å². The van der Waals surface area contributed by atoms with Crippen molar-refractivity contribution in [3.05, 3.63) is 340 Å². The Morgan fingerprint density at radius 2 is 0.648 bits per heavy atom. The SMILES string of the molecule is c1ccc(-n2c3ccccc3c3cc4c(cc32)c2cc3ccccc3cc2n4-c2ncc(-c3ccc4ccc5c(c4c3)c3ccc4c6ccccc6n(-c6ccc(-c7cccc(-n8c9ccccc9c9c%10ccccc%10c%10c(c%11ccccc%11n%10-c%10ncccn%10)c98)c7)cc6)c4c3n5-c3ncccn3)cn2)cc1. The number of rotatable bonds is 8. The van der Waals surface area contributed by atoms with Gasteiger partial charge < -0.3 is 13.7 Å². The second kappa shape index (κ2) is 22.3. The van der Waals surface area contributed by atoms with Crippen molar-refractivity contribution < 1.29 is 0 Å². The van der Waals surface area contributed by atoms with Gasteiger partial charge in [0.15, 0.2) is 0 Å². The molecular weight excluding hydrogens is 1320 g/mol. The van der Waals surface area contributed by atoms with Crippen LogP contribution in [0, 0.1) is 0 Å². The molecule has 9 aromatic heterocycles. The van der Waals surface area contributed by atoms with Gasteiger partial charge in [0.25, 0.3) is 0 Å². The van der Waals surface area contributed by atoms with Gasteiger partial charge in [-0.15, -0.1) is 0 Å². The molecule has 0 saturated heterocycles. The Morgan fingerprint density at radius 3 is 1.37 bits per heavy atom. The molecule has 0 atom stereocenters. The maximum atomic E-state index is 5.31. The molecule has 12 nitrogen and oxygen atoms in total. The largest absolute Gasteiger partial charge is 0.309 e. The highest BCUT2D eigenvalue weighted by Crippen LogP contribution is 2.49. The maximum Gasteiger partial charge on any atom is 0.234 e. The van der Waals surface area contributed by atoms with Gasteiger partial charge in [-0.1, -0.05) is 194 Å². The van der Waals surface area contributed by atoms with Crippen LogP contribution in [0.3, 0.4) is 0 Å². The lowest BCUT2D eigenvalue weighted by Crippen LogP contribution is -2.02. The highest BCUT2D eigenvalue weighted by atomic mass is 15.2. The van der Waals surface area contributed by atoms with Crippen LogP contribution in [0.25, 0.3) is 220 Å². The summed E-state index contributed by atoms with van der Waals surface area (Å²) in [6, 6.07) is 110. The van der Waals surface area contributed by atoms with E-state index in [4.69, 9.17) is 29.9 Å². The van der Waals surface area contributed by atoms with Crippen molar-refractivity contribution in [1.29, 1.82) is 0 Å². The Labute approximate surface area is 614 Å². The van der Waals surface area contributed by atoms with Gasteiger partial charge in [0.2, 0.25) is 17.8 Å². The molecule has 0 saturated carbocycles. The monoisotopic (exact) mass is 1380 g/mol. The third-order valence-corrected chi connectivity index (χ3v) is 22.7. The summed E-state index contributed by atoms with van der Waals surface area (Å²) in [6.07, 6.45) is 11.3. The van der Waals surface area contributed by atoms with Gasteiger partial charge in [0, 0.05) is 130 Å². The average molecular weight is 1380 g/mol. The van der Waals surface area contributed by atoms with Crippen LogP contribution in [0.1, 0.15) is 0 Å². The Balaban J connectivity index is 0.657. The average Bonchev–Trinajstić information content (AvgIpc) is 1.54. The molecule has 0 fully saturated rings. The lowest BCUT2D eigenvalue weighted by atomic mass is 9.99. The zero-order valence-electron chi connectivity index (χ0n) is 57.7. The first-order valence-corrected chi connectivity index (χ1v) is 36.5. The van der Waals surface area contributed by atoms with E-state index >= 15 is 0 Å². The van der Waals surface area contributed by atoms with E-state index in [0.29, 0.717) is 17.8 Å². The van der Waals surface area contributed by atoms with Gasteiger partial charge in [0.05, 0.1) is 66.2 Å². The zero-order valence-corrected chi connectivity index (χ0v) is 57.7. The second-order valence-electron chi connectivity index (χ2n) is 28.2. The lowest BCUT2D eigenvalue weighted by Gasteiger charge is -2.14. The van der Waals surface area contributed by atoms with Crippen molar-refractivity contribution in [2.75, 3.05) is 0 Å². The number of hydrogen-bond acceptors (Lipinski definition) is 6. The fourth-order valence-electron chi connectivity index (χ4n) is 18.1. The van der Waals surface area contributed by atoms with Crippen LogP contribution in [0.5, 0.6) is 0 Å². The Kier molecular flexibility index (Phi) is 12.1. The zero-order chi connectivity index (χ0) is 70.4. The number of para-hydroxylation sites is 5. The highest BCUT2D eigenvalue weighted by molar-refractivity contribution is 6.37. The van der Waals surface area contributed by atoms with Crippen molar-refractivity contribution in [2.24, 2.45) is 0 Å². The number of benzene rings is 15. The fourth-order valence-corrected chi connectivity index (χ4v) is 18.1. The van der Waals surface area contributed by atoms with Crippen LogP contribution < -0.4 is 0 Å². The predicted molar refractivity (Wildman–Crippen MR) is 443 cm³/mol. The predicted octanol–water partition coefficient (Wildman–Crippen LogP) is 23.4. The van der Waals surface area contributed by atoms with Gasteiger partial charge in [-0.2, -0.15) is 0 Å². The summed E-state index contributed by atoms with van der Waals surface area (Å²) in [5.74, 6) is 1.82. The minimum Gasteiger partial charge on any atom is -0.309 e. The Hall–Kier alpha value is -14.9. The summed E-state index contributed by atoms with van der Waals surface area (Å²) in [7, 11) is 0. The molecule has 24 aromatic rings. The standard InChI is InChI=1S/C96H56N12/c1-2-22-64(23-3-1)103-79-31-12-9-26-68(79)77-53-86-78(54-85(77)103)76-51-60-19-4-5-20-61(60)52-84(76)106(86)96-101-55-63(56-102-96)62-36-35-58-39-44-83-87(75(58)50-62)74-43-42-71-67-25-8-13-32-80(67)104(91(71)92(74)108(83)95-99-47-18-48-100-95)65-40-37-57(38-41-65)59-21-16-24-66(49-59)105-81-33-14-10-29-72(81)88-69-27-6-7-28-70(69)90-89(93(88)105)73-30-11-15-34-82(73)107(90)94-97-45-17-46-98-94/h1-56H. The summed E-state index contributed by atoms with van der Waals surface area (Å²) >= 11 is 0. The van der Waals surface area contributed by atoms with Gasteiger partial charge in [0.1, 0.15) is 0 Å². The molecule has 0 aliphatic heterocycles. The molecule has 0 aliphatic carbocycles. The summed E-state index contributed by atoms with van der Waals surface area (Å²) in [5, 5.41) is 20.7. The first-order chi connectivity index (χ1) is 53.6. The van der Waals surface area contributed by atoms with Gasteiger partial charge in [-0.05, 0) is 153 Å². The Bertz CT molecular complexity index is 7960. The molecule has 0 bridgehead atoms. The topological polar surface area (TPSA) is 107 Å². The molecule has 0 N–H and O–H groups in total. The van der Waals surface area contributed by atoms with Crippen molar-refractivity contribution >= 4 is 163 Å². The van der Waals surface area contributed by atoms with Crippen LogP contribution in [-0.2, 0) is 0 Å². The van der Waals surface area contributed by atoms with E-state index in [9.17, 15) is 0 Å². The number of aromatic nitrogens is 12.